The van der Waals surface area contributed by atoms with Crippen LogP contribution in [-0.4, -0.2) is 43.0 Å². The van der Waals surface area contributed by atoms with Crippen molar-refractivity contribution in [1.82, 2.24) is 10.2 Å². The molecule has 1 saturated heterocycles. The van der Waals surface area contributed by atoms with E-state index in [0.29, 0.717) is 55.7 Å². The molecule has 1 heterocycles. The Balaban J connectivity index is 1.56. The minimum Gasteiger partial charge on any atom is -0.378 e. The van der Waals surface area contributed by atoms with E-state index in [1.165, 1.54) is 0 Å². The molecule has 0 radical (unpaired) electrons. The highest BCUT2D eigenvalue weighted by Gasteiger charge is 2.39. The molecule has 27 heavy (non-hydrogen) atoms. The Labute approximate surface area is 170 Å². The van der Waals surface area contributed by atoms with E-state index in [1.54, 1.807) is 12.1 Å². The first-order valence-corrected chi connectivity index (χ1v) is 10.3. The average Bonchev–Trinajstić information content (AvgIpc) is 3.09. The summed E-state index contributed by atoms with van der Waals surface area (Å²) in [6, 6.07) is 5.25. The van der Waals surface area contributed by atoms with Crippen molar-refractivity contribution in [2.45, 2.75) is 45.1 Å². The largest absolute Gasteiger partial charge is 0.378 e. The van der Waals surface area contributed by atoms with Crippen LogP contribution in [0.2, 0.25) is 10.0 Å². The fourth-order valence-electron chi connectivity index (χ4n) is 4.05. The van der Waals surface area contributed by atoms with Crippen LogP contribution in [0.5, 0.6) is 0 Å². The molecule has 1 aromatic rings. The van der Waals surface area contributed by atoms with Gasteiger partial charge in [0.2, 0.25) is 11.8 Å². The molecule has 0 atom stereocenters. The Morgan fingerprint density at radius 1 is 1.11 bits per heavy atom. The summed E-state index contributed by atoms with van der Waals surface area (Å²) in [4.78, 5) is 27.2. The summed E-state index contributed by atoms with van der Waals surface area (Å²) < 4.78 is 5.32. The van der Waals surface area contributed by atoms with Crippen LogP contribution in [0.25, 0.3) is 0 Å². The van der Waals surface area contributed by atoms with Crippen molar-refractivity contribution in [2.75, 3.05) is 26.3 Å². The zero-order valence-electron chi connectivity index (χ0n) is 15.4. The van der Waals surface area contributed by atoms with Crippen LogP contribution in [0.4, 0.5) is 0 Å². The van der Waals surface area contributed by atoms with Crippen LogP contribution < -0.4 is 5.32 Å². The number of carbonyl (C=O) groups is 2. The molecule has 1 aliphatic heterocycles. The fourth-order valence-corrected chi connectivity index (χ4v) is 4.52. The highest BCUT2D eigenvalue weighted by molar-refractivity contribution is 6.35. The second-order valence-corrected chi connectivity index (χ2v) is 8.41. The number of nitrogens with zero attached hydrogens (tertiary/aromatic N) is 1. The zero-order valence-corrected chi connectivity index (χ0v) is 16.9. The fraction of sp³-hybridized carbons (Fsp3) is 0.600. The number of morpholine rings is 1. The van der Waals surface area contributed by atoms with Crippen molar-refractivity contribution in [3.05, 3.63) is 33.8 Å². The molecule has 1 aliphatic carbocycles. The second kappa shape index (κ2) is 9.26. The van der Waals surface area contributed by atoms with Crippen LogP contribution in [0.3, 0.4) is 0 Å². The first-order valence-electron chi connectivity index (χ1n) is 9.54. The first-order chi connectivity index (χ1) is 13.0. The molecule has 0 bridgehead atoms. The third-order valence-corrected chi connectivity index (χ3v) is 6.17. The van der Waals surface area contributed by atoms with E-state index < -0.39 is 0 Å². The van der Waals surface area contributed by atoms with E-state index in [1.807, 2.05) is 11.0 Å². The Morgan fingerprint density at radius 3 is 2.48 bits per heavy atom. The van der Waals surface area contributed by atoms with Gasteiger partial charge in [0.15, 0.2) is 0 Å². The SMILES string of the molecule is O=C(CC1(CC(=O)N2CCOCC2)CCCC1)NCc1ccc(Cl)cc1Cl. The van der Waals surface area contributed by atoms with Crippen molar-refractivity contribution in [3.8, 4) is 0 Å². The van der Waals surface area contributed by atoms with E-state index >= 15 is 0 Å². The molecule has 2 fully saturated rings. The molecule has 148 valence electrons. The molecular weight excluding hydrogens is 387 g/mol. The maximum atomic E-state index is 12.7. The normalized spacial score (nSPS) is 19.1. The van der Waals surface area contributed by atoms with Crippen molar-refractivity contribution in [2.24, 2.45) is 5.41 Å². The molecule has 1 saturated carbocycles. The van der Waals surface area contributed by atoms with Crippen LogP contribution in [-0.2, 0) is 20.9 Å². The Morgan fingerprint density at radius 2 is 1.81 bits per heavy atom. The van der Waals surface area contributed by atoms with E-state index in [0.717, 1.165) is 31.2 Å². The standard InChI is InChI=1S/C20H26Cl2N2O3/c21-16-4-3-15(17(22)11-16)14-23-18(25)12-20(5-1-2-6-20)13-19(26)24-7-9-27-10-8-24/h3-4,11H,1-2,5-10,12-14H2,(H,23,25). The number of hydrogen-bond donors (Lipinski definition) is 1. The molecule has 3 rings (SSSR count). The van der Waals surface area contributed by atoms with Gasteiger partial charge in [-0.2, -0.15) is 0 Å². The first kappa shape index (κ1) is 20.4. The van der Waals surface area contributed by atoms with Crippen molar-refractivity contribution >= 4 is 35.0 Å². The number of benzene rings is 1. The number of carbonyl (C=O) groups excluding carboxylic acids is 2. The number of hydrogen-bond acceptors (Lipinski definition) is 3. The summed E-state index contributed by atoms with van der Waals surface area (Å²) in [7, 11) is 0. The third kappa shape index (κ3) is 5.59. The molecule has 7 heteroatoms. The van der Waals surface area contributed by atoms with E-state index in [2.05, 4.69) is 5.32 Å². The highest BCUT2D eigenvalue weighted by atomic mass is 35.5. The summed E-state index contributed by atoms with van der Waals surface area (Å²) in [6.07, 6.45) is 4.84. The van der Waals surface area contributed by atoms with Gasteiger partial charge in [-0.1, -0.05) is 42.1 Å². The molecule has 2 aliphatic rings. The van der Waals surface area contributed by atoms with Crippen molar-refractivity contribution in [1.29, 1.82) is 0 Å². The number of nitrogens with one attached hydrogen (secondary N) is 1. The van der Waals surface area contributed by atoms with Crippen molar-refractivity contribution in [3.63, 3.8) is 0 Å². The lowest BCUT2D eigenvalue weighted by atomic mass is 9.78. The van der Waals surface area contributed by atoms with Gasteiger partial charge in [0, 0.05) is 42.5 Å². The summed E-state index contributed by atoms with van der Waals surface area (Å²) in [5.74, 6) is 0.117. The second-order valence-electron chi connectivity index (χ2n) is 7.57. The molecular formula is C20H26Cl2N2O3. The Bertz CT molecular complexity index is 684. The van der Waals surface area contributed by atoms with Crippen LogP contribution in [0.15, 0.2) is 18.2 Å². The van der Waals surface area contributed by atoms with Crippen LogP contribution in [0.1, 0.15) is 44.1 Å². The maximum absolute atomic E-state index is 12.7. The van der Waals surface area contributed by atoms with Gasteiger partial charge >= 0.3 is 0 Å². The summed E-state index contributed by atoms with van der Waals surface area (Å²) in [6.45, 7) is 2.86. The summed E-state index contributed by atoms with van der Waals surface area (Å²) >= 11 is 12.1. The highest BCUT2D eigenvalue weighted by Crippen LogP contribution is 2.44. The van der Waals surface area contributed by atoms with Gasteiger partial charge in [-0.3, -0.25) is 9.59 Å². The Kier molecular flexibility index (Phi) is 7.01. The molecule has 0 aromatic heterocycles. The van der Waals surface area contributed by atoms with Gasteiger partial charge in [0.25, 0.3) is 0 Å². The molecule has 1 N–H and O–H groups in total. The van der Waals surface area contributed by atoms with Gasteiger partial charge in [-0.05, 0) is 36.0 Å². The number of ether oxygens (including phenoxy) is 1. The smallest absolute Gasteiger partial charge is 0.223 e. The van der Waals surface area contributed by atoms with Crippen LogP contribution in [0, 0.1) is 5.41 Å². The van der Waals surface area contributed by atoms with E-state index in [4.69, 9.17) is 27.9 Å². The third-order valence-electron chi connectivity index (χ3n) is 5.58. The van der Waals surface area contributed by atoms with Gasteiger partial charge in [-0.15, -0.1) is 0 Å². The lowest BCUT2D eigenvalue weighted by Crippen LogP contribution is -2.43. The summed E-state index contributed by atoms with van der Waals surface area (Å²) in [5, 5.41) is 4.07. The quantitative estimate of drug-likeness (QED) is 0.772. The summed E-state index contributed by atoms with van der Waals surface area (Å²) in [5.41, 5.74) is 0.614. The predicted octanol–water partition coefficient (Wildman–Crippen LogP) is 3.81. The molecule has 1 aromatic carbocycles. The number of amides is 2. The maximum Gasteiger partial charge on any atom is 0.223 e. The number of halogens is 2. The van der Waals surface area contributed by atoms with Gasteiger partial charge in [0.1, 0.15) is 0 Å². The van der Waals surface area contributed by atoms with Crippen molar-refractivity contribution < 1.29 is 14.3 Å². The van der Waals surface area contributed by atoms with Gasteiger partial charge in [-0.25, -0.2) is 0 Å². The minimum atomic E-state index is -0.219. The zero-order chi connectivity index (χ0) is 19.3. The number of rotatable bonds is 6. The lowest BCUT2D eigenvalue weighted by Gasteiger charge is -2.33. The van der Waals surface area contributed by atoms with E-state index in [9.17, 15) is 9.59 Å². The predicted molar refractivity (Wildman–Crippen MR) is 106 cm³/mol. The molecule has 0 unspecified atom stereocenters. The molecule has 5 nitrogen and oxygen atoms in total. The van der Waals surface area contributed by atoms with E-state index in [-0.39, 0.29) is 17.2 Å². The van der Waals surface area contributed by atoms with Gasteiger partial charge < -0.3 is 15.0 Å². The molecule has 0 spiro atoms. The van der Waals surface area contributed by atoms with Crippen LogP contribution >= 0.6 is 23.2 Å². The molecule has 2 amide bonds. The van der Waals surface area contributed by atoms with Gasteiger partial charge in [0.05, 0.1) is 13.2 Å². The lowest BCUT2D eigenvalue weighted by molar-refractivity contribution is -0.138. The minimum absolute atomic E-state index is 0.0299. The Hall–Kier alpha value is -1.30. The monoisotopic (exact) mass is 412 g/mol. The average molecular weight is 413 g/mol. The topological polar surface area (TPSA) is 58.6 Å².